The lowest BCUT2D eigenvalue weighted by molar-refractivity contribution is -0.153. The van der Waals surface area contributed by atoms with Gasteiger partial charge in [-0.2, -0.15) is 0 Å². The Hall–Kier alpha value is -0.240. The fourth-order valence-electron chi connectivity index (χ4n) is 0.873. The van der Waals surface area contributed by atoms with Crippen molar-refractivity contribution in [1.29, 1.82) is 0 Å². The van der Waals surface area contributed by atoms with Crippen molar-refractivity contribution in [2.75, 3.05) is 0 Å². The first-order chi connectivity index (χ1) is 4.97. The maximum absolute atomic E-state index is 11.2. The molecule has 1 aliphatic rings. The smallest absolute Gasteiger partial charge is 0.313 e. The molecule has 0 aromatic carbocycles. The zero-order chi connectivity index (χ0) is 8.65. The molecule has 3 heteroatoms. The van der Waals surface area contributed by atoms with E-state index in [2.05, 4.69) is 0 Å². The fraction of sp³-hybridized carbons (Fsp3) is 0.875. The third-order valence-corrected chi connectivity index (χ3v) is 2.58. The van der Waals surface area contributed by atoms with Gasteiger partial charge in [0.1, 0.15) is 0 Å². The summed E-state index contributed by atoms with van der Waals surface area (Å²) in [5.41, 5.74) is -0.397. The maximum atomic E-state index is 11.2. The molecule has 64 valence electrons. The van der Waals surface area contributed by atoms with Crippen molar-refractivity contribution in [3.8, 4) is 0 Å². The van der Waals surface area contributed by atoms with E-state index in [4.69, 9.17) is 16.3 Å². The molecule has 2 unspecified atom stereocenters. The maximum Gasteiger partial charge on any atom is 0.313 e. The number of esters is 1. The Morgan fingerprint density at radius 1 is 1.73 bits per heavy atom. The minimum atomic E-state index is -0.397. The molecule has 1 aliphatic carbocycles. The van der Waals surface area contributed by atoms with Crippen molar-refractivity contribution < 1.29 is 9.53 Å². The van der Waals surface area contributed by atoms with Gasteiger partial charge in [-0.1, -0.05) is 0 Å². The summed E-state index contributed by atoms with van der Waals surface area (Å²) in [6, 6.07) is 0. The average Bonchev–Trinajstić information content (AvgIpc) is 2.40. The minimum Gasteiger partial charge on any atom is -0.463 e. The van der Waals surface area contributed by atoms with Crippen LogP contribution in [0.25, 0.3) is 0 Å². The molecule has 1 saturated carbocycles. The van der Waals surface area contributed by atoms with Gasteiger partial charge < -0.3 is 4.74 Å². The van der Waals surface area contributed by atoms with Gasteiger partial charge in [-0.3, -0.25) is 4.79 Å². The van der Waals surface area contributed by atoms with E-state index >= 15 is 0 Å². The number of alkyl halides is 1. The second-order valence-corrected chi connectivity index (χ2v) is 4.07. The lowest BCUT2D eigenvalue weighted by Crippen LogP contribution is -2.21. The van der Waals surface area contributed by atoms with Gasteiger partial charge in [0, 0.05) is 0 Å². The molecule has 0 N–H and O–H groups in total. The van der Waals surface area contributed by atoms with Gasteiger partial charge in [-0.15, -0.1) is 11.6 Å². The number of rotatable bonds is 2. The Labute approximate surface area is 71.9 Å². The highest BCUT2D eigenvalue weighted by atomic mass is 35.5. The molecule has 0 spiro atoms. The van der Waals surface area contributed by atoms with E-state index in [0.29, 0.717) is 0 Å². The van der Waals surface area contributed by atoms with Gasteiger partial charge in [-0.05, 0) is 27.2 Å². The summed E-state index contributed by atoms with van der Waals surface area (Å²) in [7, 11) is 0. The predicted molar refractivity (Wildman–Crippen MR) is 43.6 cm³/mol. The number of hydrogen-bond donors (Lipinski definition) is 0. The summed E-state index contributed by atoms with van der Waals surface area (Å²) in [5, 5.41) is -0.0197. The van der Waals surface area contributed by atoms with E-state index in [9.17, 15) is 4.79 Å². The predicted octanol–water partition coefficient (Wildman–Crippen LogP) is 1.96. The first kappa shape index (κ1) is 8.85. The molecular formula is C8H13ClO2. The number of carbonyl (C=O) groups excluding carboxylic acids is 1. The molecule has 0 amide bonds. The van der Waals surface area contributed by atoms with Crippen molar-refractivity contribution in [1.82, 2.24) is 0 Å². The minimum absolute atomic E-state index is 0.0197. The molecule has 1 rings (SSSR count). The first-order valence-electron chi connectivity index (χ1n) is 3.82. The van der Waals surface area contributed by atoms with Crippen molar-refractivity contribution in [3.63, 3.8) is 0 Å². The molecule has 2 atom stereocenters. The standard InChI is InChI=1S/C8H13ClO2/c1-5(2)11-7(10)8(3)4-6(8)9/h5-6H,4H2,1-3H3. The van der Waals surface area contributed by atoms with Gasteiger partial charge in [0.25, 0.3) is 0 Å². The van der Waals surface area contributed by atoms with E-state index in [1.165, 1.54) is 0 Å². The normalized spacial score (nSPS) is 35.5. The molecule has 0 aliphatic heterocycles. The zero-order valence-electron chi connectivity index (χ0n) is 7.06. The van der Waals surface area contributed by atoms with Crippen LogP contribution in [0.1, 0.15) is 27.2 Å². The lowest BCUT2D eigenvalue weighted by atomic mass is 10.1. The number of ether oxygens (including phenoxy) is 1. The van der Waals surface area contributed by atoms with Crippen molar-refractivity contribution in [3.05, 3.63) is 0 Å². The lowest BCUT2D eigenvalue weighted by Gasteiger charge is -2.11. The topological polar surface area (TPSA) is 26.3 Å². The molecule has 0 heterocycles. The van der Waals surface area contributed by atoms with E-state index in [-0.39, 0.29) is 17.5 Å². The SMILES string of the molecule is CC(C)OC(=O)C1(C)CC1Cl. The van der Waals surface area contributed by atoms with Gasteiger partial charge in [0.05, 0.1) is 16.9 Å². The number of hydrogen-bond acceptors (Lipinski definition) is 2. The fourth-order valence-corrected chi connectivity index (χ4v) is 1.28. The van der Waals surface area contributed by atoms with Gasteiger partial charge in [-0.25, -0.2) is 0 Å². The van der Waals surface area contributed by atoms with Crippen LogP contribution in [-0.4, -0.2) is 17.5 Å². The molecule has 11 heavy (non-hydrogen) atoms. The monoisotopic (exact) mass is 176 g/mol. The molecule has 0 radical (unpaired) electrons. The Morgan fingerprint density at radius 2 is 2.18 bits per heavy atom. The first-order valence-corrected chi connectivity index (χ1v) is 4.25. The highest BCUT2D eigenvalue weighted by molar-refractivity contribution is 6.25. The van der Waals surface area contributed by atoms with E-state index < -0.39 is 5.41 Å². The van der Waals surface area contributed by atoms with Crippen LogP contribution in [0.2, 0.25) is 0 Å². The van der Waals surface area contributed by atoms with Gasteiger partial charge in [0.2, 0.25) is 0 Å². The molecule has 0 bridgehead atoms. The molecule has 0 aromatic heterocycles. The summed E-state index contributed by atoms with van der Waals surface area (Å²) in [5.74, 6) is -0.160. The zero-order valence-corrected chi connectivity index (χ0v) is 7.81. The molecule has 0 aromatic rings. The van der Waals surface area contributed by atoms with Crippen LogP contribution in [-0.2, 0) is 9.53 Å². The highest BCUT2D eigenvalue weighted by Crippen LogP contribution is 2.50. The van der Waals surface area contributed by atoms with Crippen LogP contribution >= 0.6 is 11.6 Å². The quantitative estimate of drug-likeness (QED) is 0.475. The summed E-state index contributed by atoms with van der Waals surface area (Å²) in [4.78, 5) is 11.2. The summed E-state index contributed by atoms with van der Waals surface area (Å²) in [6.45, 7) is 5.52. The van der Waals surface area contributed by atoms with Crippen LogP contribution in [0.15, 0.2) is 0 Å². The van der Waals surface area contributed by atoms with Crippen LogP contribution in [0.4, 0.5) is 0 Å². The number of carbonyl (C=O) groups is 1. The summed E-state index contributed by atoms with van der Waals surface area (Å²) < 4.78 is 5.02. The third kappa shape index (κ3) is 1.67. The van der Waals surface area contributed by atoms with E-state index in [1.54, 1.807) is 0 Å². The second-order valence-electron chi connectivity index (χ2n) is 3.54. The Kier molecular flexibility index (Phi) is 2.15. The van der Waals surface area contributed by atoms with Gasteiger partial charge >= 0.3 is 5.97 Å². The Bertz CT molecular complexity index is 179. The molecular weight excluding hydrogens is 164 g/mol. The number of halogens is 1. The van der Waals surface area contributed by atoms with Gasteiger partial charge in [0.15, 0.2) is 0 Å². The van der Waals surface area contributed by atoms with Crippen LogP contribution in [0, 0.1) is 5.41 Å². The molecule has 1 fully saturated rings. The van der Waals surface area contributed by atoms with E-state index in [1.807, 2.05) is 20.8 Å². The highest BCUT2D eigenvalue weighted by Gasteiger charge is 2.56. The summed E-state index contributed by atoms with van der Waals surface area (Å²) in [6.07, 6.45) is 0.712. The van der Waals surface area contributed by atoms with Crippen LogP contribution in [0.5, 0.6) is 0 Å². The van der Waals surface area contributed by atoms with Crippen LogP contribution < -0.4 is 0 Å². The average molecular weight is 177 g/mol. The summed E-state index contributed by atoms with van der Waals surface area (Å²) >= 11 is 5.77. The van der Waals surface area contributed by atoms with Crippen molar-refractivity contribution in [2.45, 2.75) is 38.7 Å². The molecule has 0 saturated heterocycles. The van der Waals surface area contributed by atoms with Crippen molar-refractivity contribution in [2.24, 2.45) is 5.41 Å². The van der Waals surface area contributed by atoms with Crippen molar-refractivity contribution >= 4 is 17.6 Å². The van der Waals surface area contributed by atoms with E-state index in [0.717, 1.165) is 6.42 Å². The second kappa shape index (κ2) is 2.67. The molecule has 2 nitrogen and oxygen atoms in total. The largest absolute Gasteiger partial charge is 0.463 e. The van der Waals surface area contributed by atoms with Crippen LogP contribution in [0.3, 0.4) is 0 Å². The third-order valence-electron chi connectivity index (χ3n) is 1.94. The Morgan fingerprint density at radius 3 is 2.45 bits per heavy atom. The Balaban J connectivity index is 2.43.